The van der Waals surface area contributed by atoms with Gasteiger partial charge in [-0.05, 0) is 30.7 Å². The van der Waals surface area contributed by atoms with E-state index in [-0.39, 0.29) is 11.4 Å². The van der Waals surface area contributed by atoms with Crippen LogP contribution in [0.3, 0.4) is 0 Å². The summed E-state index contributed by atoms with van der Waals surface area (Å²) < 4.78 is 30.8. The molecule has 0 atom stereocenters. The molecule has 1 amide bonds. The molecule has 0 saturated heterocycles. The fourth-order valence-corrected chi connectivity index (χ4v) is 3.11. The number of nitrogens with two attached hydrogens (primary N) is 1. The Bertz CT molecular complexity index is 825. The van der Waals surface area contributed by atoms with Crippen molar-refractivity contribution < 1.29 is 17.6 Å². The predicted octanol–water partition coefficient (Wildman–Crippen LogP) is 1.55. The molecule has 2 rings (SSSR count). The lowest BCUT2D eigenvalue weighted by Crippen LogP contribution is -2.23. The van der Waals surface area contributed by atoms with E-state index in [0.29, 0.717) is 22.6 Å². The molecule has 0 spiro atoms. The maximum Gasteiger partial charge on any atom is 0.258 e. The molecule has 23 heavy (non-hydrogen) atoms. The lowest BCUT2D eigenvalue weighted by Gasteiger charge is -2.15. The van der Waals surface area contributed by atoms with Gasteiger partial charge in [0.25, 0.3) is 5.91 Å². The number of amides is 1. The molecule has 1 aromatic heterocycles. The van der Waals surface area contributed by atoms with Crippen molar-refractivity contribution in [3.63, 3.8) is 0 Å². The van der Waals surface area contributed by atoms with Crippen molar-refractivity contribution in [3.8, 4) is 0 Å². The van der Waals surface area contributed by atoms with E-state index in [0.717, 1.165) is 4.31 Å². The number of carbonyl (C=O) groups is 1. The van der Waals surface area contributed by atoms with Crippen LogP contribution in [0.1, 0.15) is 21.7 Å². The molecule has 0 aliphatic heterocycles. The molecule has 124 valence electrons. The van der Waals surface area contributed by atoms with Crippen LogP contribution in [-0.2, 0) is 16.6 Å². The van der Waals surface area contributed by atoms with Crippen LogP contribution in [0.4, 0.5) is 5.69 Å². The van der Waals surface area contributed by atoms with Crippen molar-refractivity contribution in [1.82, 2.24) is 4.31 Å². The Kier molecular flexibility index (Phi) is 4.88. The lowest BCUT2D eigenvalue weighted by molar-refractivity contribution is 0.102. The van der Waals surface area contributed by atoms with E-state index in [2.05, 4.69) is 5.32 Å². The zero-order chi connectivity index (χ0) is 17.2. The number of rotatable bonds is 5. The average molecular weight is 337 g/mol. The molecule has 3 N–H and O–H groups in total. The van der Waals surface area contributed by atoms with Gasteiger partial charge in [0.2, 0.25) is 10.0 Å². The highest BCUT2D eigenvalue weighted by Gasteiger charge is 2.20. The summed E-state index contributed by atoms with van der Waals surface area (Å²) in [6.45, 7) is 1.90. The molecular formula is C15H19N3O4S. The van der Waals surface area contributed by atoms with Gasteiger partial charge >= 0.3 is 0 Å². The molecule has 1 aromatic carbocycles. The van der Waals surface area contributed by atoms with Crippen molar-refractivity contribution in [1.29, 1.82) is 0 Å². The Balaban J connectivity index is 2.29. The third-order valence-electron chi connectivity index (χ3n) is 3.32. The largest absolute Gasteiger partial charge is 0.467 e. The summed E-state index contributed by atoms with van der Waals surface area (Å²) in [5.74, 6) is 0.0976. The number of hydrogen-bond donors (Lipinski definition) is 2. The minimum absolute atomic E-state index is 0.148. The van der Waals surface area contributed by atoms with E-state index in [4.69, 9.17) is 10.2 Å². The van der Waals surface area contributed by atoms with E-state index >= 15 is 0 Å². The SMILES string of the molecule is Cc1ccc(NC(=O)c2coc(CN)c2)cc1S(=O)(=O)N(C)C. The summed E-state index contributed by atoms with van der Waals surface area (Å²) in [4.78, 5) is 12.3. The Labute approximate surface area is 135 Å². The third-order valence-corrected chi connectivity index (χ3v) is 5.28. The number of nitrogens with zero attached hydrogens (tertiary/aromatic N) is 1. The summed E-state index contributed by atoms with van der Waals surface area (Å²) in [6, 6.07) is 6.27. The van der Waals surface area contributed by atoms with Gasteiger partial charge in [-0.1, -0.05) is 6.07 Å². The van der Waals surface area contributed by atoms with Crippen molar-refractivity contribution >= 4 is 21.6 Å². The number of carbonyl (C=O) groups excluding carboxylic acids is 1. The number of benzene rings is 1. The summed E-state index contributed by atoms with van der Waals surface area (Å²) >= 11 is 0. The highest BCUT2D eigenvalue weighted by molar-refractivity contribution is 7.89. The highest BCUT2D eigenvalue weighted by Crippen LogP contribution is 2.23. The van der Waals surface area contributed by atoms with Gasteiger partial charge < -0.3 is 15.5 Å². The number of nitrogens with one attached hydrogen (secondary N) is 1. The molecule has 0 fully saturated rings. The summed E-state index contributed by atoms with van der Waals surface area (Å²) in [6.07, 6.45) is 1.31. The van der Waals surface area contributed by atoms with Crippen LogP contribution in [0.5, 0.6) is 0 Å². The molecular weight excluding hydrogens is 318 g/mol. The van der Waals surface area contributed by atoms with Gasteiger partial charge in [-0.3, -0.25) is 4.79 Å². The maximum atomic E-state index is 12.3. The van der Waals surface area contributed by atoms with Crippen LogP contribution in [0.25, 0.3) is 0 Å². The van der Waals surface area contributed by atoms with Crippen LogP contribution < -0.4 is 11.1 Å². The van der Waals surface area contributed by atoms with Gasteiger partial charge in [-0.15, -0.1) is 0 Å². The van der Waals surface area contributed by atoms with E-state index in [1.807, 2.05) is 0 Å². The maximum absolute atomic E-state index is 12.3. The normalized spacial score (nSPS) is 11.7. The molecule has 8 heteroatoms. The van der Waals surface area contributed by atoms with E-state index in [9.17, 15) is 13.2 Å². The average Bonchev–Trinajstić information content (AvgIpc) is 2.98. The van der Waals surface area contributed by atoms with Gasteiger partial charge in [0.15, 0.2) is 0 Å². The van der Waals surface area contributed by atoms with E-state index in [1.165, 1.54) is 26.4 Å². The first-order chi connectivity index (χ1) is 10.8. The van der Waals surface area contributed by atoms with Gasteiger partial charge in [0.1, 0.15) is 12.0 Å². The first kappa shape index (κ1) is 17.2. The molecule has 0 aliphatic rings. The Hall–Kier alpha value is -2.16. The number of anilines is 1. The fourth-order valence-electron chi connectivity index (χ4n) is 1.96. The smallest absolute Gasteiger partial charge is 0.258 e. The van der Waals surface area contributed by atoms with Crippen LogP contribution in [0.15, 0.2) is 39.8 Å². The fraction of sp³-hybridized carbons (Fsp3) is 0.267. The summed E-state index contributed by atoms with van der Waals surface area (Å²) in [7, 11) is -0.667. The Morgan fingerprint density at radius 3 is 2.57 bits per heavy atom. The third kappa shape index (κ3) is 3.61. The van der Waals surface area contributed by atoms with Crippen LogP contribution in [0, 0.1) is 6.92 Å². The summed E-state index contributed by atoms with van der Waals surface area (Å²) in [5.41, 5.74) is 6.74. The van der Waals surface area contributed by atoms with E-state index in [1.54, 1.807) is 25.1 Å². The Morgan fingerprint density at radius 2 is 2.00 bits per heavy atom. The van der Waals surface area contributed by atoms with Gasteiger partial charge in [0, 0.05) is 19.8 Å². The standard InChI is InChI=1S/C15H19N3O4S/c1-10-4-5-12(7-14(10)23(20,21)18(2)3)17-15(19)11-6-13(8-16)22-9-11/h4-7,9H,8,16H2,1-3H3,(H,17,19). The molecule has 1 heterocycles. The second-order valence-corrected chi connectivity index (χ2v) is 7.35. The molecule has 2 aromatic rings. The number of furan rings is 1. The molecule has 7 nitrogen and oxygen atoms in total. The quantitative estimate of drug-likeness (QED) is 0.861. The van der Waals surface area contributed by atoms with Crippen LogP contribution in [0.2, 0.25) is 0 Å². The minimum atomic E-state index is -3.58. The van der Waals surface area contributed by atoms with Crippen molar-refractivity contribution in [3.05, 3.63) is 47.4 Å². The number of aryl methyl sites for hydroxylation is 1. The monoisotopic (exact) mass is 337 g/mol. The van der Waals surface area contributed by atoms with E-state index < -0.39 is 15.9 Å². The predicted molar refractivity (Wildman–Crippen MR) is 86.6 cm³/mol. The van der Waals surface area contributed by atoms with Crippen molar-refractivity contribution in [2.45, 2.75) is 18.4 Å². The van der Waals surface area contributed by atoms with Gasteiger partial charge in [0.05, 0.1) is 17.0 Å². The Morgan fingerprint density at radius 1 is 1.30 bits per heavy atom. The first-order valence-corrected chi connectivity index (χ1v) is 8.31. The van der Waals surface area contributed by atoms with Gasteiger partial charge in [-0.2, -0.15) is 0 Å². The van der Waals surface area contributed by atoms with Crippen LogP contribution >= 0.6 is 0 Å². The van der Waals surface area contributed by atoms with Gasteiger partial charge in [-0.25, -0.2) is 12.7 Å². The molecule has 0 aliphatic carbocycles. The number of sulfonamides is 1. The van der Waals surface area contributed by atoms with Crippen molar-refractivity contribution in [2.75, 3.05) is 19.4 Å². The zero-order valence-electron chi connectivity index (χ0n) is 13.2. The molecule has 0 bridgehead atoms. The lowest BCUT2D eigenvalue weighted by atomic mass is 10.2. The molecule has 0 radical (unpaired) electrons. The topological polar surface area (TPSA) is 106 Å². The molecule has 0 unspecified atom stereocenters. The second-order valence-electron chi connectivity index (χ2n) is 5.23. The zero-order valence-corrected chi connectivity index (χ0v) is 14.0. The first-order valence-electron chi connectivity index (χ1n) is 6.87. The molecule has 0 saturated carbocycles. The minimum Gasteiger partial charge on any atom is -0.467 e. The van der Waals surface area contributed by atoms with Crippen molar-refractivity contribution in [2.24, 2.45) is 5.73 Å². The van der Waals surface area contributed by atoms with Crippen LogP contribution in [-0.4, -0.2) is 32.7 Å². The summed E-state index contributed by atoms with van der Waals surface area (Å²) in [5, 5.41) is 2.65. The number of hydrogen-bond acceptors (Lipinski definition) is 5. The highest BCUT2D eigenvalue weighted by atomic mass is 32.2. The second kappa shape index (κ2) is 6.53.